The Morgan fingerprint density at radius 1 is 1.35 bits per heavy atom. The lowest BCUT2D eigenvalue weighted by atomic mass is 10.00. The van der Waals surface area contributed by atoms with E-state index in [2.05, 4.69) is 27.3 Å². The molecule has 0 radical (unpaired) electrons. The number of fused-ring (bicyclic) bond motifs is 1. The number of carbonyl (C=O) groups excluding carboxylic acids is 2. The van der Waals surface area contributed by atoms with E-state index >= 15 is 0 Å². The van der Waals surface area contributed by atoms with E-state index < -0.39 is 12.1 Å². The van der Waals surface area contributed by atoms with Gasteiger partial charge in [-0.15, -0.1) is 0 Å². The van der Waals surface area contributed by atoms with Crippen LogP contribution >= 0.6 is 0 Å². The molecule has 2 aromatic rings. The molecule has 0 bridgehead atoms. The van der Waals surface area contributed by atoms with E-state index in [1.165, 1.54) is 4.90 Å². The van der Waals surface area contributed by atoms with Crippen LogP contribution in [0.25, 0.3) is 0 Å². The second-order valence-corrected chi connectivity index (χ2v) is 9.75. The Hall–Kier alpha value is -3.62. The van der Waals surface area contributed by atoms with E-state index in [0.29, 0.717) is 35.8 Å². The van der Waals surface area contributed by atoms with Gasteiger partial charge in [0.05, 0.1) is 25.7 Å². The maximum Gasteiger partial charge on any atom is 0.321 e. The number of likely N-dealkylation sites (N-methyl/N-ethyl adjacent to an activating group) is 1. The summed E-state index contributed by atoms with van der Waals surface area (Å²) in [6.45, 7) is 8.16. The number of nitrogens with zero attached hydrogens (tertiary/aromatic N) is 5. The lowest BCUT2D eigenvalue weighted by molar-refractivity contribution is 0.0356. The third-order valence-corrected chi connectivity index (χ3v) is 6.21. The van der Waals surface area contributed by atoms with Gasteiger partial charge >= 0.3 is 6.03 Å². The highest BCUT2D eigenvalue weighted by Gasteiger charge is 2.34. The van der Waals surface area contributed by atoms with Crippen molar-refractivity contribution < 1.29 is 24.0 Å². The molecular formula is C26H36N6O5. The Morgan fingerprint density at radius 2 is 2.08 bits per heavy atom. The number of hydrogen-bond donors (Lipinski definition) is 2. The number of hydrogen-bond acceptors (Lipinski definition) is 8. The normalized spacial score (nSPS) is 18.2. The Kier molecular flexibility index (Phi) is 9.13. The zero-order valence-electron chi connectivity index (χ0n) is 22.5. The third-order valence-electron chi connectivity index (χ3n) is 6.21. The van der Waals surface area contributed by atoms with Gasteiger partial charge in [-0.05, 0) is 40.9 Å². The maximum absolute atomic E-state index is 13.5. The van der Waals surface area contributed by atoms with Gasteiger partial charge in [0.15, 0.2) is 5.76 Å². The predicted octanol–water partition coefficient (Wildman–Crippen LogP) is 1.98. The average molecular weight is 513 g/mol. The molecule has 3 heterocycles. The van der Waals surface area contributed by atoms with Crippen molar-refractivity contribution in [1.82, 2.24) is 24.8 Å². The minimum absolute atomic E-state index is 0.165. The molecule has 3 atom stereocenters. The van der Waals surface area contributed by atoms with Gasteiger partial charge in [0.25, 0.3) is 5.91 Å². The molecule has 0 saturated heterocycles. The molecule has 11 nitrogen and oxygen atoms in total. The van der Waals surface area contributed by atoms with Crippen LogP contribution in [0, 0.1) is 31.6 Å². The van der Waals surface area contributed by atoms with Crippen LogP contribution in [0.15, 0.2) is 16.8 Å². The molecule has 3 amide bonds. The van der Waals surface area contributed by atoms with Gasteiger partial charge < -0.3 is 29.5 Å². The first-order chi connectivity index (χ1) is 17.5. The number of ether oxygens (including phenoxy) is 1. The highest BCUT2D eigenvalue weighted by Crippen LogP contribution is 2.27. The molecule has 0 unspecified atom stereocenters. The third kappa shape index (κ3) is 6.78. The molecule has 3 rings (SSSR count). The molecule has 1 aliphatic rings. The van der Waals surface area contributed by atoms with E-state index in [1.54, 1.807) is 45.0 Å². The topological polar surface area (TPSA) is 124 Å². The van der Waals surface area contributed by atoms with Crippen molar-refractivity contribution in [1.29, 1.82) is 0 Å². The minimum Gasteiger partial charge on any atom is -0.472 e. The summed E-state index contributed by atoms with van der Waals surface area (Å²) in [7, 11) is 5.51. The van der Waals surface area contributed by atoms with Crippen LogP contribution in [0.3, 0.4) is 0 Å². The second-order valence-electron chi connectivity index (χ2n) is 9.75. The number of nitrogens with one attached hydrogen (secondary N) is 1. The average Bonchev–Trinajstić information content (AvgIpc) is 3.17. The smallest absolute Gasteiger partial charge is 0.321 e. The van der Waals surface area contributed by atoms with Crippen molar-refractivity contribution >= 4 is 17.6 Å². The molecule has 200 valence electrons. The Labute approximate surface area is 217 Å². The number of pyridine rings is 1. The van der Waals surface area contributed by atoms with Gasteiger partial charge in [0.1, 0.15) is 23.0 Å². The van der Waals surface area contributed by atoms with Crippen LogP contribution in [0.1, 0.15) is 41.2 Å². The van der Waals surface area contributed by atoms with Crippen molar-refractivity contribution in [2.75, 3.05) is 52.7 Å². The highest BCUT2D eigenvalue weighted by molar-refractivity contribution is 5.97. The lowest BCUT2D eigenvalue weighted by Gasteiger charge is -2.37. The molecule has 11 heteroatoms. The van der Waals surface area contributed by atoms with Crippen LogP contribution in [-0.2, 0) is 0 Å². The molecule has 0 saturated carbocycles. The molecule has 37 heavy (non-hydrogen) atoms. The standard InChI is InChI=1S/C26H36N6O5/c1-16-13-32(17(2)15-33)25(34)21-11-20(9-8-10-30(5)6)12-27-24(21)36-22(16)14-31(7)26(35)28-23-18(3)29-37-19(23)4/h11-12,16-17,22,33H,10,13-15H2,1-7H3,(H,28,35)/t16-,17+,22+/m1/s1. The molecule has 1 aliphatic heterocycles. The number of anilines is 1. The summed E-state index contributed by atoms with van der Waals surface area (Å²) in [6, 6.07) is 0.917. The summed E-state index contributed by atoms with van der Waals surface area (Å²) in [5.74, 6) is 6.32. The number of carbonyl (C=O) groups is 2. The molecular weight excluding hydrogens is 476 g/mol. The summed E-state index contributed by atoms with van der Waals surface area (Å²) >= 11 is 0. The number of rotatable bonds is 6. The molecule has 2 N–H and O–H groups in total. The fourth-order valence-electron chi connectivity index (χ4n) is 3.90. The van der Waals surface area contributed by atoms with Crippen molar-refractivity contribution in [3.05, 3.63) is 34.8 Å². The molecule has 0 aromatic carbocycles. The Balaban J connectivity index is 1.88. The largest absolute Gasteiger partial charge is 0.472 e. The van der Waals surface area contributed by atoms with Crippen molar-refractivity contribution in [2.45, 2.75) is 39.8 Å². The Bertz CT molecular complexity index is 1160. The molecule has 0 fully saturated rings. The first kappa shape index (κ1) is 28.0. The van der Waals surface area contributed by atoms with Crippen LogP contribution in [0.4, 0.5) is 10.5 Å². The summed E-state index contributed by atoms with van der Waals surface area (Å²) in [6.07, 6.45) is 1.10. The quantitative estimate of drug-likeness (QED) is 0.563. The van der Waals surface area contributed by atoms with E-state index in [1.807, 2.05) is 25.9 Å². The number of amides is 3. The summed E-state index contributed by atoms with van der Waals surface area (Å²) in [5, 5.41) is 16.5. The predicted molar refractivity (Wildman–Crippen MR) is 138 cm³/mol. The van der Waals surface area contributed by atoms with E-state index in [-0.39, 0.29) is 42.5 Å². The fraction of sp³-hybridized carbons (Fsp3) is 0.538. The Morgan fingerprint density at radius 3 is 2.70 bits per heavy atom. The summed E-state index contributed by atoms with van der Waals surface area (Å²) in [5.41, 5.74) is 1.99. The number of aromatic nitrogens is 2. The maximum atomic E-state index is 13.5. The van der Waals surface area contributed by atoms with Crippen molar-refractivity contribution in [3.63, 3.8) is 0 Å². The van der Waals surface area contributed by atoms with Gasteiger partial charge in [-0.1, -0.05) is 23.9 Å². The number of urea groups is 1. The van der Waals surface area contributed by atoms with Crippen LogP contribution in [-0.4, -0.2) is 101 Å². The lowest BCUT2D eigenvalue weighted by Crippen LogP contribution is -2.50. The van der Waals surface area contributed by atoms with Crippen molar-refractivity contribution in [2.24, 2.45) is 5.92 Å². The summed E-state index contributed by atoms with van der Waals surface area (Å²) in [4.78, 5) is 35.9. The highest BCUT2D eigenvalue weighted by atomic mass is 16.5. The zero-order valence-corrected chi connectivity index (χ0v) is 22.5. The minimum atomic E-state index is -0.473. The van der Waals surface area contributed by atoms with Crippen molar-refractivity contribution in [3.8, 4) is 17.7 Å². The molecule has 0 aliphatic carbocycles. The van der Waals surface area contributed by atoms with E-state index in [9.17, 15) is 14.7 Å². The van der Waals surface area contributed by atoms with Crippen LogP contribution < -0.4 is 10.1 Å². The second kappa shape index (κ2) is 12.1. The first-order valence-corrected chi connectivity index (χ1v) is 12.2. The first-order valence-electron chi connectivity index (χ1n) is 12.2. The van der Waals surface area contributed by atoms with Crippen LogP contribution in [0.2, 0.25) is 0 Å². The molecule has 0 spiro atoms. The number of aliphatic hydroxyl groups excluding tert-OH is 1. The van der Waals surface area contributed by atoms with Gasteiger partial charge in [-0.3, -0.25) is 9.69 Å². The number of aliphatic hydroxyl groups is 1. The fourth-order valence-corrected chi connectivity index (χ4v) is 3.90. The number of aryl methyl sites for hydroxylation is 2. The molecule has 2 aromatic heterocycles. The van der Waals surface area contributed by atoms with Gasteiger partial charge in [-0.2, -0.15) is 0 Å². The summed E-state index contributed by atoms with van der Waals surface area (Å²) < 4.78 is 11.4. The van der Waals surface area contributed by atoms with Crippen LogP contribution in [0.5, 0.6) is 5.88 Å². The van der Waals surface area contributed by atoms with Gasteiger partial charge in [-0.25, -0.2) is 9.78 Å². The van der Waals surface area contributed by atoms with Gasteiger partial charge in [0.2, 0.25) is 5.88 Å². The van der Waals surface area contributed by atoms with E-state index in [4.69, 9.17) is 9.26 Å². The monoisotopic (exact) mass is 512 g/mol. The zero-order chi connectivity index (χ0) is 27.3. The van der Waals surface area contributed by atoms with Gasteiger partial charge in [0, 0.05) is 31.3 Å². The SMILES string of the molecule is Cc1noc(C)c1NC(=O)N(C)C[C@@H]1Oc2ncc(C#CCN(C)C)cc2C(=O)N([C@@H](C)CO)C[C@H]1C. The van der Waals surface area contributed by atoms with E-state index in [0.717, 1.165) is 0 Å².